The van der Waals surface area contributed by atoms with Crippen LogP contribution in [0.4, 0.5) is 0 Å². The van der Waals surface area contributed by atoms with Gasteiger partial charge in [-0.05, 0) is 127 Å². The molecule has 0 bridgehead atoms. The van der Waals surface area contributed by atoms with Crippen LogP contribution in [0.2, 0.25) is 0 Å². The van der Waals surface area contributed by atoms with E-state index in [1.807, 2.05) is 24.4 Å². The lowest BCUT2D eigenvalue weighted by molar-refractivity contribution is 0.484. The fourth-order valence-electron chi connectivity index (χ4n) is 8.54. The molecule has 0 aliphatic heterocycles. The molecule has 0 amide bonds. The standard InChI is InChI=1S/C46H31N5O/c1-26-21-27(2)43(28(3)22-26)29-14-17-33-32-18-15-30(24-35(32)45-48-38-10-5-7-12-40(38)51(45)42(33)23-29)52-31-16-19-34-36(25-31)46-49-37-9-4-6-11-39(37)50(46)41-13-8-20-47-44(34)41/h4-25H,1-3H3. The van der Waals surface area contributed by atoms with Gasteiger partial charge in [0.15, 0.2) is 0 Å². The number of aromatic nitrogens is 5. The lowest BCUT2D eigenvalue weighted by atomic mass is 9.92. The van der Waals surface area contributed by atoms with Gasteiger partial charge in [-0.25, -0.2) is 9.97 Å². The maximum absolute atomic E-state index is 6.68. The third kappa shape index (κ3) is 4.09. The van der Waals surface area contributed by atoms with E-state index in [1.165, 1.54) is 33.2 Å². The molecular weight excluding hydrogens is 639 g/mol. The number of nitrogens with zero attached hydrogens (tertiary/aromatic N) is 5. The molecule has 0 spiro atoms. The van der Waals surface area contributed by atoms with E-state index in [4.69, 9.17) is 19.7 Å². The highest BCUT2D eigenvalue weighted by atomic mass is 16.5. The van der Waals surface area contributed by atoms with Crippen LogP contribution in [-0.2, 0) is 0 Å². The summed E-state index contributed by atoms with van der Waals surface area (Å²) in [6.07, 6.45) is 1.85. The fraction of sp³-hybridized carbons (Fsp3) is 0.0652. The molecule has 6 nitrogen and oxygen atoms in total. The van der Waals surface area contributed by atoms with E-state index >= 15 is 0 Å². The molecule has 0 N–H and O–H groups in total. The van der Waals surface area contributed by atoms with E-state index in [2.05, 4.69) is 139 Å². The average Bonchev–Trinajstić information content (AvgIpc) is 3.75. The first-order valence-electron chi connectivity index (χ1n) is 17.6. The highest BCUT2D eigenvalue weighted by Gasteiger charge is 2.18. The Morgan fingerprint density at radius 3 is 1.75 bits per heavy atom. The summed E-state index contributed by atoms with van der Waals surface area (Å²) < 4.78 is 11.2. The third-order valence-electron chi connectivity index (χ3n) is 10.6. The van der Waals surface area contributed by atoms with Crippen LogP contribution in [0, 0.1) is 20.8 Å². The number of benzene rings is 6. The molecule has 5 heterocycles. The second-order valence-electron chi connectivity index (χ2n) is 13.9. The van der Waals surface area contributed by atoms with E-state index in [9.17, 15) is 0 Å². The Hall–Kier alpha value is -6.79. The van der Waals surface area contributed by atoms with Gasteiger partial charge in [-0.1, -0.05) is 54.1 Å². The van der Waals surface area contributed by atoms with Crippen LogP contribution in [0.3, 0.4) is 0 Å². The van der Waals surface area contributed by atoms with Crippen molar-refractivity contribution in [2.24, 2.45) is 0 Å². The summed E-state index contributed by atoms with van der Waals surface area (Å²) in [4.78, 5) is 15.1. The first-order valence-corrected chi connectivity index (χ1v) is 17.6. The van der Waals surface area contributed by atoms with Gasteiger partial charge in [0, 0.05) is 27.7 Å². The van der Waals surface area contributed by atoms with E-state index in [-0.39, 0.29) is 0 Å². The molecule has 246 valence electrons. The summed E-state index contributed by atoms with van der Waals surface area (Å²) in [6, 6.07) is 44.7. The second kappa shape index (κ2) is 10.6. The van der Waals surface area contributed by atoms with Crippen LogP contribution in [-0.4, -0.2) is 23.8 Å². The summed E-state index contributed by atoms with van der Waals surface area (Å²) in [5, 5.41) is 5.37. The number of rotatable bonds is 3. The Bertz CT molecular complexity index is 3290. The molecule has 0 saturated heterocycles. The van der Waals surface area contributed by atoms with E-state index < -0.39 is 0 Å². The number of fused-ring (bicyclic) bond motifs is 16. The first-order chi connectivity index (χ1) is 25.5. The fourth-order valence-corrected chi connectivity index (χ4v) is 8.54. The van der Waals surface area contributed by atoms with Crippen molar-refractivity contribution in [1.82, 2.24) is 23.8 Å². The van der Waals surface area contributed by atoms with Crippen molar-refractivity contribution in [3.63, 3.8) is 0 Å². The molecule has 0 aliphatic rings. The zero-order chi connectivity index (χ0) is 34.7. The Balaban J connectivity index is 1.11. The minimum Gasteiger partial charge on any atom is -0.457 e. The van der Waals surface area contributed by atoms with Crippen LogP contribution in [0.25, 0.3) is 88.0 Å². The van der Waals surface area contributed by atoms with Gasteiger partial charge in [-0.3, -0.25) is 13.8 Å². The van der Waals surface area contributed by atoms with Gasteiger partial charge in [0.1, 0.15) is 22.8 Å². The molecule has 0 unspecified atom stereocenters. The van der Waals surface area contributed by atoms with Gasteiger partial charge < -0.3 is 4.74 Å². The van der Waals surface area contributed by atoms with Gasteiger partial charge >= 0.3 is 0 Å². The van der Waals surface area contributed by atoms with Crippen molar-refractivity contribution in [2.45, 2.75) is 20.8 Å². The third-order valence-corrected chi connectivity index (χ3v) is 10.6. The highest BCUT2D eigenvalue weighted by molar-refractivity contribution is 6.15. The number of pyridine rings is 3. The van der Waals surface area contributed by atoms with Crippen LogP contribution in [0.5, 0.6) is 11.5 Å². The molecule has 6 heteroatoms. The van der Waals surface area contributed by atoms with E-state index in [1.54, 1.807) is 0 Å². The van der Waals surface area contributed by atoms with Gasteiger partial charge in [0.05, 0.1) is 38.6 Å². The maximum atomic E-state index is 6.68. The molecule has 11 aromatic rings. The van der Waals surface area contributed by atoms with E-state index in [0.29, 0.717) is 0 Å². The van der Waals surface area contributed by atoms with Gasteiger partial charge in [-0.2, -0.15) is 0 Å². The van der Waals surface area contributed by atoms with E-state index in [0.717, 1.165) is 83.0 Å². The van der Waals surface area contributed by atoms with Crippen LogP contribution in [0.1, 0.15) is 16.7 Å². The number of para-hydroxylation sites is 4. The largest absolute Gasteiger partial charge is 0.457 e. The highest BCUT2D eigenvalue weighted by Crippen LogP contribution is 2.39. The van der Waals surface area contributed by atoms with Gasteiger partial charge in [-0.15, -0.1) is 0 Å². The van der Waals surface area contributed by atoms with Crippen LogP contribution in [0.15, 0.2) is 134 Å². The Kier molecular flexibility index (Phi) is 5.91. The van der Waals surface area contributed by atoms with Gasteiger partial charge in [0.2, 0.25) is 0 Å². The lowest BCUT2D eigenvalue weighted by Crippen LogP contribution is -1.95. The Morgan fingerprint density at radius 1 is 0.481 bits per heavy atom. The maximum Gasteiger partial charge on any atom is 0.146 e. The predicted molar refractivity (Wildman–Crippen MR) is 213 cm³/mol. The summed E-state index contributed by atoms with van der Waals surface area (Å²) >= 11 is 0. The SMILES string of the molecule is Cc1cc(C)c(-c2ccc3c4ccc(Oc5ccc6c(c5)c5nc7ccccc7n5c5cccnc65)cc4c4nc5ccccc5n4c3c2)c(C)c1. The molecule has 0 fully saturated rings. The van der Waals surface area contributed by atoms with Crippen molar-refractivity contribution >= 4 is 76.8 Å². The summed E-state index contributed by atoms with van der Waals surface area (Å²) in [6.45, 7) is 6.57. The summed E-state index contributed by atoms with van der Waals surface area (Å²) in [5.41, 5.74) is 15.3. The van der Waals surface area contributed by atoms with Crippen molar-refractivity contribution in [1.29, 1.82) is 0 Å². The minimum absolute atomic E-state index is 0.731. The number of hydrogen-bond donors (Lipinski definition) is 0. The number of ether oxygens (including phenoxy) is 1. The predicted octanol–water partition coefficient (Wildman–Crippen LogP) is 11.7. The Morgan fingerprint density at radius 2 is 1.06 bits per heavy atom. The quantitative estimate of drug-likeness (QED) is 0.176. The monoisotopic (exact) mass is 669 g/mol. The van der Waals surface area contributed by atoms with Crippen LogP contribution >= 0.6 is 0 Å². The molecule has 52 heavy (non-hydrogen) atoms. The van der Waals surface area contributed by atoms with Crippen LogP contribution < -0.4 is 4.74 Å². The van der Waals surface area contributed by atoms with Crippen molar-refractivity contribution in [3.05, 3.63) is 150 Å². The molecule has 0 radical (unpaired) electrons. The molecule has 11 rings (SSSR count). The molecule has 5 aromatic heterocycles. The molecule has 0 aliphatic carbocycles. The smallest absolute Gasteiger partial charge is 0.146 e. The first kappa shape index (κ1) is 29.0. The zero-order valence-electron chi connectivity index (χ0n) is 28.8. The number of aryl methyl sites for hydroxylation is 3. The second-order valence-corrected chi connectivity index (χ2v) is 13.9. The summed E-state index contributed by atoms with van der Waals surface area (Å²) in [5.74, 6) is 1.47. The molecular formula is C46H31N5O. The number of imidazole rings is 2. The zero-order valence-corrected chi connectivity index (χ0v) is 28.8. The van der Waals surface area contributed by atoms with Crippen molar-refractivity contribution in [3.8, 4) is 22.6 Å². The van der Waals surface area contributed by atoms with Crippen molar-refractivity contribution < 1.29 is 4.74 Å². The van der Waals surface area contributed by atoms with Gasteiger partial charge in [0.25, 0.3) is 0 Å². The topological polar surface area (TPSA) is 56.7 Å². The average molecular weight is 670 g/mol. The lowest BCUT2D eigenvalue weighted by Gasteiger charge is -2.15. The summed E-state index contributed by atoms with van der Waals surface area (Å²) in [7, 11) is 0. The Labute approximate surface area is 298 Å². The number of hydrogen-bond acceptors (Lipinski definition) is 4. The molecule has 0 saturated carbocycles. The van der Waals surface area contributed by atoms with Crippen molar-refractivity contribution in [2.75, 3.05) is 0 Å². The normalized spacial score (nSPS) is 12.1. The minimum atomic E-state index is 0.731. The molecule has 0 atom stereocenters. The molecule has 6 aromatic carbocycles.